The molecule has 132 valence electrons. The minimum Gasteiger partial charge on any atom is -0.233 e. The summed E-state index contributed by atoms with van der Waals surface area (Å²) in [6, 6.07) is 15.6. The first-order valence-corrected chi connectivity index (χ1v) is 10.7. The molecule has 0 amide bonds. The van der Waals surface area contributed by atoms with Crippen molar-refractivity contribution in [3.05, 3.63) is 74.7 Å². The van der Waals surface area contributed by atoms with Gasteiger partial charge in [-0.05, 0) is 43.3 Å². The Morgan fingerprint density at radius 1 is 0.846 bits per heavy atom. The molecule has 1 heterocycles. The van der Waals surface area contributed by atoms with Gasteiger partial charge in [0.25, 0.3) is 10.0 Å². The van der Waals surface area contributed by atoms with Crippen molar-refractivity contribution in [2.24, 2.45) is 0 Å². The van der Waals surface area contributed by atoms with Gasteiger partial charge in [0.05, 0.1) is 26.0 Å². The van der Waals surface area contributed by atoms with Gasteiger partial charge in [-0.1, -0.05) is 62.9 Å². The van der Waals surface area contributed by atoms with E-state index in [1.165, 1.54) is 3.97 Å². The molecule has 0 aliphatic heterocycles. The van der Waals surface area contributed by atoms with Crippen LogP contribution in [0.1, 0.15) is 5.56 Å². The zero-order valence-corrected chi connectivity index (χ0v) is 17.4. The molecule has 4 rings (SSSR count). The standard InChI is InChI=1S/C19H12BrCl2NO2S/c1-11-2-5-13(6-3-11)26(24,25)23-18-8-12(20)4-7-14(18)15-9-16(21)17(22)10-19(15)23/h2-10H,1H3. The summed E-state index contributed by atoms with van der Waals surface area (Å²) in [4.78, 5) is 0.216. The molecule has 0 aliphatic rings. The van der Waals surface area contributed by atoms with E-state index in [0.717, 1.165) is 20.8 Å². The van der Waals surface area contributed by atoms with Gasteiger partial charge in [-0.25, -0.2) is 12.4 Å². The van der Waals surface area contributed by atoms with Crippen LogP contribution < -0.4 is 0 Å². The fraction of sp³-hybridized carbons (Fsp3) is 0.0526. The minimum absolute atomic E-state index is 0.216. The monoisotopic (exact) mass is 467 g/mol. The van der Waals surface area contributed by atoms with Crippen molar-refractivity contribution in [1.29, 1.82) is 0 Å². The lowest BCUT2D eigenvalue weighted by atomic mass is 10.1. The van der Waals surface area contributed by atoms with Crippen LogP contribution in [0.15, 0.2) is 64.0 Å². The molecule has 0 aliphatic carbocycles. The lowest BCUT2D eigenvalue weighted by Gasteiger charge is -2.10. The summed E-state index contributed by atoms with van der Waals surface area (Å²) >= 11 is 15.8. The van der Waals surface area contributed by atoms with Crippen molar-refractivity contribution >= 4 is 71.0 Å². The quantitative estimate of drug-likeness (QED) is 0.341. The molecule has 3 nitrogen and oxygen atoms in total. The summed E-state index contributed by atoms with van der Waals surface area (Å²) in [6.07, 6.45) is 0. The molecule has 0 atom stereocenters. The fourth-order valence-corrected chi connectivity index (χ4v) is 5.21. The Labute approximate surface area is 169 Å². The van der Waals surface area contributed by atoms with Gasteiger partial charge >= 0.3 is 0 Å². The van der Waals surface area contributed by atoms with Crippen molar-refractivity contribution in [2.45, 2.75) is 11.8 Å². The second-order valence-electron chi connectivity index (χ2n) is 6.03. The first kappa shape index (κ1) is 17.9. The normalized spacial score (nSPS) is 12.2. The predicted octanol–water partition coefficient (Wildman–Crippen LogP) is 6.41. The summed E-state index contributed by atoms with van der Waals surface area (Å²) in [5.41, 5.74) is 2.05. The first-order chi connectivity index (χ1) is 12.3. The minimum atomic E-state index is -3.82. The van der Waals surface area contributed by atoms with E-state index in [1.54, 1.807) is 42.5 Å². The largest absolute Gasteiger partial charge is 0.268 e. The van der Waals surface area contributed by atoms with Crippen LogP contribution in [-0.4, -0.2) is 12.4 Å². The van der Waals surface area contributed by atoms with E-state index < -0.39 is 10.0 Å². The Bertz CT molecular complexity index is 1280. The van der Waals surface area contributed by atoms with Crippen LogP contribution in [0.4, 0.5) is 0 Å². The van der Waals surface area contributed by atoms with E-state index in [4.69, 9.17) is 23.2 Å². The smallest absolute Gasteiger partial charge is 0.233 e. The number of halogens is 3. The van der Waals surface area contributed by atoms with Gasteiger partial charge in [-0.3, -0.25) is 0 Å². The molecular formula is C19H12BrCl2NO2S. The highest BCUT2D eigenvalue weighted by Gasteiger charge is 2.24. The molecule has 0 saturated heterocycles. The topological polar surface area (TPSA) is 39.1 Å². The van der Waals surface area contributed by atoms with Gasteiger partial charge in [-0.15, -0.1) is 0 Å². The molecule has 0 fully saturated rings. The maximum absolute atomic E-state index is 13.4. The van der Waals surface area contributed by atoms with E-state index in [2.05, 4.69) is 15.9 Å². The molecule has 0 radical (unpaired) electrons. The molecule has 3 aromatic carbocycles. The number of fused-ring (bicyclic) bond motifs is 3. The van der Waals surface area contributed by atoms with Gasteiger partial charge < -0.3 is 0 Å². The van der Waals surface area contributed by atoms with Gasteiger partial charge in [0.15, 0.2) is 0 Å². The third-order valence-electron chi connectivity index (χ3n) is 4.29. The third kappa shape index (κ3) is 2.74. The molecule has 0 unspecified atom stereocenters. The van der Waals surface area contributed by atoms with Gasteiger partial charge in [0, 0.05) is 15.2 Å². The molecule has 7 heteroatoms. The second-order valence-corrected chi connectivity index (χ2v) is 9.54. The van der Waals surface area contributed by atoms with Gasteiger partial charge in [-0.2, -0.15) is 0 Å². The van der Waals surface area contributed by atoms with Crippen molar-refractivity contribution in [2.75, 3.05) is 0 Å². The highest BCUT2D eigenvalue weighted by atomic mass is 79.9. The highest BCUT2D eigenvalue weighted by molar-refractivity contribution is 9.10. The zero-order chi connectivity index (χ0) is 18.6. The molecule has 0 spiro atoms. The van der Waals surface area contributed by atoms with Crippen LogP contribution in [-0.2, 0) is 10.0 Å². The van der Waals surface area contributed by atoms with Crippen molar-refractivity contribution in [3.8, 4) is 0 Å². The Morgan fingerprint density at radius 2 is 1.46 bits per heavy atom. The molecule has 0 bridgehead atoms. The second kappa shape index (κ2) is 6.27. The summed E-state index contributed by atoms with van der Waals surface area (Å²) in [7, 11) is -3.82. The lowest BCUT2D eigenvalue weighted by molar-refractivity contribution is 0.590. The average molecular weight is 469 g/mol. The van der Waals surface area contributed by atoms with E-state index in [1.807, 2.05) is 19.1 Å². The van der Waals surface area contributed by atoms with Crippen LogP contribution in [0, 0.1) is 6.92 Å². The van der Waals surface area contributed by atoms with Gasteiger partial charge in [0.2, 0.25) is 0 Å². The number of rotatable bonds is 2. The van der Waals surface area contributed by atoms with Crippen LogP contribution in [0.2, 0.25) is 10.0 Å². The highest BCUT2D eigenvalue weighted by Crippen LogP contribution is 2.38. The Balaban J connectivity index is 2.18. The van der Waals surface area contributed by atoms with E-state index in [-0.39, 0.29) is 4.90 Å². The Morgan fingerprint density at radius 3 is 2.15 bits per heavy atom. The summed E-state index contributed by atoms with van der Waals surface area (Å²) in [5.74, 6) is 0. The van der Waals surface area contributed by atoms with E-state index in [9.17, 15) is 8.42 Å². The van der Waals surface area contributed by atoms with Crippen molar-refractivity contribution < 1.29 is 8.42 Å². The Hall–Kier alpha value is -1.53. The van der Waals surface area contributed by atoms with Crippen molar-refractivity contribution in [3.63, 3.8) is 0 Å². The number of hydrogen-bond acceptors (Lipinski definition) is 2. The molecular weight excluding hydrogens is 457 g/mol. The van der Waals surface area contributed by atoms with Crippen LogP contribution in [0.5, 0.6) is 0 Å². The lowest BCUT2D eigenvalue weighted by Crippen LogP contribution is -2.12. The summed E-state index contributed by atoms with van der Waals surface area (Å²) in [5, 5.41) is 2.21. The molecule has 0 N–H and O–H groups in total. The zero-order valence-electron chi connectivity index (χ0n) is 13.5. The maximum Gasteiger partial charge on any atom is 0.268 e. The number of benzene rings is 3. The SMILES string of the molecule is Cc1ccc(S(=O)(=O)n2c3cc(Br)ccc3c3cc(Cl)c(Cl)cc32)cc1. The van der Waals surface area contributed by atoms with Crippen LogP contribution in [0.25, 0.3) is 21.8 Å². The van der Waals surface area contributed by atoms with E-state index >= 15 is 0 Å². The Kier molecular flexibility index (Phi) is 4.31. The summed E-state index contributed by atoms with van der Waals surface area (Å²) in [6.45, 7) is 1.91. The number of aryl methyl sites for hydroxylation is 1. The predicted molar refractivity (Wildman–Crippen MR) is 111 cm³/mol. The number of aromatic nitrogens is 1. The first-order valence-electron chi connectivity index (χ1n) is 7.70. The fourth-order valence-electron chi connectivity index (χ4n) is 3.03. The van der Waals surface area contributed by atoms with Gasteiger partial charge in [0.1, 0.15) is 0 Å². The average Bonchev–Trinajstić information content (AvgIpc) is 2.88. The van der Waals surface area contributed by atoms with Crippen LogP contribution >= 0.6 is 39.1 Å². The molecule has 0 saturated carbocycles. The summed E-state index contributed by atoms with van der Waals surface area (Å²) < 4.78 is 28.9. The molecule has 4 aromatic rings. The maximum atomic E-state index is 13.4. The number of nitrogens with zero attached hydrogens (tertiary/aromatic N) is 1. The molecule has 1 aromatic heterocycles. The van der Waals surface area contributed by atoms with Crippen molar-refractivity contribution in [1.82, 2.24) is 3.97 Å². The van der Waals surface area contributed by atoms with E-state index in [0.29, 0.717) is 21.1 Å². The van der Waals surface area contributed by atoms with Crippen LogP contribution in [0.3, 0.4) is 0 Å². The molecule has 26 heavy (non-hydrogen) atoms. The third-order valence-corrected chi connectivity index (χ3v) is 7.24. The number of hydrogen-bond donors (Lipinski definition) is 0.